The molecule has 4 heteroatoms. The summed E-state index contributed by atoms with van der Waals surface area (Å²) in [7, 11) is 2.02. The van der Waals surface area contributed by atoms with Gasteiger partial charge in [0.1, 0.15) is 0 Å². The third-order valence-corrected chi connectivity index (χ3v) is 2.89. The van der Waals surface area contributed by atoms with Gasteiger partial charge in [0, 0.05) is 32.5 Å². The van der Waals surface area contributed by atoms with Crippen molar-refractivity contribution in [3.8, 4) is 0 Å². The Bertz CT molecular complexity index is 484. The van der Waals surface area contributed by atoms with Crippen molar-refractivity contribution in [1.82, 2.24) is 9.97 Å². The van der Waals surface area contributed by atoms with Gasteiger partial charge in [0.05, 0.1) is 5.69 Å². The summed E-state index contributed by atoms with van der Waals surface area (Å²) in [5, 5.41) is 0. The van der Waals surface area contributed by atoms with E-state index >= 15 is 0 Å². The summed E-state index contributed by atoms with van der Waals surface area (Å²) in [6.07, 6.45) is 4.36. The van der Waals surface area contributed by atoms with Crippen LogP contribution in [0.15, 0.2) is 42.7 Å². The molecular weight excluding hydrogens is 224 g/mol. The second-order valence-corrected chi connectivity index (χ2v) is 4.19. The third-order valence-electron chi connectivity index (χ3n) is 2.89. The molecule has 0 spiro atoms. The molecule has 2 rings (SSSR count). The zero-order chi connectivity index (χ0) is 12.8. The number of hydrogen-bond acceptors (Lipinski definition) is 4. The van der Waals surface area contributed by atoms with Crippen LogP contribution in [0.25, 0.3) is 0 Å². The highest BCUT2D eigenvalue weighted by Gasteiger charge is 2.08. The van der Waals surface area contributed by atoms with Crippen LogP contribution in [0.3, 0.4) is 0 Å². The fraction of sp³-hybridized carbons (Fsp3) is 0.286. The van der Waals surface area contributed by atoms with Gasteiger partial charge in [-0.25, -0.2) is 4.98 Å². The molecule has 1 heterocycles. The van der Waals surface area contributed by atoms with Gasteiger partial charge in [-0.3, -0.25) is 4.98 Å². The summed E-state index contributed by atoms with van der Waals surface area (Å²) < 4.78 is 0. The summed E-state index contributed by atoms with van der Waals surface area (Å²) in [6, 6.07) is 10.4. The van der Waals surface area contributed by atoms with Crippen molar-refractivity contribution in [2.45, 2.75) is 13.0 Å². The molecule has 0 bridgehead atoms. The van der Waals surface area contributed by atoms with Crippen LogP contribution in [-0.2, 0) is 13.0 Å². The van der Waals surface area contributed by atoms with Crippen molar-refractivity contribution >= 4 is 5.82 Å². The van der Waals surface area contributed by atoms with E-state index in [0.29, 0.717) is 6.54 Å². The number of nitrogens with zero attached hydrogens (tertiary/aromatic N) is 3. The molecule has 0 unspecified atom stereocenters. The minimum Gasteiger partial charge on any atom is -0.358 e. The highest BCUT2D eigenvalue weighted by molar-refractivity contribution is 5.42. The molecule has 18 heavy (non-hydrogen) atoms. The molecule has 0 fully saturated rings. The van der Waals surface area contributed by atoms with Gasteiger partial charge in [-0.1, -0.05) is 30.3 Å². The molecule has 0 radical (unpaired) electrons. The fourth-order valence-electron chi connectivity index (χ4n) is 1.87. The van der Waals surface area contributed by atoms with Crippen molar-refractivity contribution in [3.05, 3.63) is 54.0 Å². The number of rotatable bonds is 5. The molecular formula is C14H18N4. The number of likely N-dealkylation sites (N-methyl/N-ethyl adjacent to an activating group) is 1. The second-order valence-electron chi connectivity index (χ2n) is 4.19. The zero-order valence-corrected chi connectivity index (χ0v) is 10.6. The number of nitrogens with two attached hydrogens (primary N) is 1. The lowest BCUT2D eigenvalue weighted by atomic mass is 10.1. The first-order valence-electron chi connectivity index (χ1n) is 6.06. The van der Waals surface area contributed by atoms with Gasteiger partial charge in [0.25, 0.3) is 0 Å². The summed E-state index contributed by atoms with van der Waals surface area (Å²) in [5.74, 6) is 0.871. The van der Waals surface area contributed by atoms with Crippen LogP contribution in [0, 0.1) is 0 Å². The van der Waals surface area contributed by atoms with E-state index in [4.69, 9.17) is 5.73 Å². The maximum Gasteiger partial charge on any atom is 0.151 e. The van der Waals surface area contributed by atoms with Crippen LogP contribution in [0.2, 0.25) is 0 Å². The Morgan fingerprint density at radius 1 is 1.11 bits per heavy atom. The first-order valence-corrected chi connectivity index (χ1v) is 6.06. The van der Waals surface area contributed by atoms with Crippen molar-refractivity contribution in [2.24, 2.45) is 5.73 Å². The number of hydrogen-bond donors (Lipinski definition) is 1. The van der Waals surface area contributed by atoms with Crippen LogP contribution in [-0.4, -0.2) is 23.6 Å². The van der Waals surface area contributed by atoms with Gasteiger partial charge in [-0.2, -0.15) is 0 Å². The zero-order valence-electron chi connectivity index (χ0n) is 10.6. The average Bonchev–Trinajstić information content (AvgIpc) is 2.45. The van der Waals surface area contributed by atoms with E-state index in [0.717, 1.165) is 24.5 Å². The molecule has 2 N–H and O–H groups in total. The standard InChI is InChI=1S/C14H18N4/c1-18(10-7-12-5-3-2-4-6-12)14-13(11-15)16-8-9-17-14/h2-6,8-9H,7,10-11,15H2,1H3. The lowest BCUT2D eigenvalue weighted by Crippen LogP contribution is -2.24. The molecule has 0 atom stereocenters. The monoisotopic (exact) mass is 242 g/mol. The Morgan fingerprint density at radius 2 is 1.83 bits per heavy atom. The Labute approximate surface area is 107 Å². The van der Waals surface area contributed by atoms with Crippen LogP contribution in [0.5, 0.6) is 0 Å². The van der Waals surface area contributed by atoms with Crippen molar-refractivity contribution < 1.29 is 0 Å². The number of anilines is 1. The molecule has 0 aliphatic heterocycles. The third kappa shape index (κ3) is 3.05. The van der Waals surface area contributed by atoms with Gasteiger partial charge in [-0.15, -0.1) is 0 Å². The van der Waals surface area contributed by atoms with Gasteiger partial charge in [-0.05, 0) is 12.0 Å². The van der Waals surface area contributed by atoms with E-state index in [9.17, 15) is 0 Å². The van der Waals surface area contributed by atoms with E-state index in [1.54, 1.807) is 12.4 Å². The Morgan fingerprint density at radius 3 is 2.56 bits per heavy atom. The van der Waals surface area contributed by atoms with Crippen LogP contribution in [0.4, 0.5) is 5.82 Å². The molecule has 1 aromatic heterocycles. The molecule has 0 aliphatic carbocycles. The topological polar surface area (TPSA) is 55.0 Å². The highest BCUT2D eigenvalue weighted by Crippen LogP contribution is 2.13. The van der Waals surface area contributed by atoms with E-state index < -0.39 is 0 Å². The SMILES string of the molecule is CN(CCc1ccccc1)c1nccnc1CN. The fourth-order valence-corrected chi connectivity index (χ4v) is 1.87. The quantitative estimate of drug-likeness (QED) is 0.865. The lowest BCUT2D eigenvalue weighted by Gasteiger charge is -2.19. The number of benzene rings is 1. The van der Waals surface area contributed by atoms with Gasteiger partial charge < -0.3 is 10.6 Å². The molecule has 0 amide bonds. The van der Waals surface area contributed by atoms with Gasteiger partial charge in [0.2, 0.25) is 0 Å². The first kappa shape index (κ1) is 12.5. The summed E-state index contributed by atoms with van der Waals surface area (Å²) in [5.41, 5.74) is 7.83. The summed E-state index contributed by atoms with van der Waals surface area (Å²) in [4.78, 5) is 10.7. The van der Waals surface area contributed by atoms with Crippen LogP contribution in [0.1, 0.15) is 11.3 Å². The van der Waals surface area contributed by atoms with Crippen LogP contribution < -0.4 is 10.6 Å². The smallest absolute Gasteiger partial charge is 0.151 e. The maximum atomic E-state index is 5.67. The summed E-state index contributed by atoms with van der Waals surface area (Å²) >= 11 is 0. The van der Waals surface area contributed by atoms with Gasteiger partial charge in [0.15, 0.2) is 5.82 Å². The second kappa shape index (κ2) is 6.12. The lowest BCUT2D eigenvalue weighted by molar-refractivity contribution is 0.831. The molecule has 0 aliphatic rings. The molecule has 1 aromatic carbocycles. The van der Waals surface area contributed by atoms with Crippen molar-refractivity contribution in [2.75, 3.05) is 18.5 Å². The normalized spacial score (nSPS) is 10.3. The predicted octanol–water partition coefficient (Wildman–Crippen LogP) is 1.61. The number of aromatic nitrogens is 2. The van der Waals surface area contributed by atoms with E-state index in [2.05, 4.69) is 39.1 Å². The first-order chi connectivity index (χ1) is 8.81. The van der Waals surface area contributed by atoms with Crippen molar-refractivity contribution in [3.63, 3.8) is 0 Å². The van der Waals surface area contributed by atoms with Crippen LogP contribution >= 0.6 is 0 Å². The molecule has 2 aromatic rings. The maximum absolute atomic E-state index is 5.67. The molecule has 94 valence electrons. The average molecular weight is 242 g/mol. The Hall–Kier alpha value is -1.94. The van der Waals surface area contributed by atoms with E-state index in [-0.39, 0.29) is 0 Å². The van der Waals surface area contributed by atoms with E-state index in [1.165, 1.54) is 5.56 Å². The summed E-state index contributed by atoms with van der Waals surface area (Å²) in [6.45, 7) is 1.31. The molecule has 0 saturated carbocycles. The predicted molar refractivity (Wildman–Crippen MR) is 73.3 cm³/mol. The van der Waals surface area contributed by atoms with Gasteiger partial charge >= 0.3 is 0 Å². The minimum absolute atomic E-state index is 0.416. The Kier molecular flexibility index (Phi) is 4.25. The highest BCUT2D eigenvalue weighted by atomic mass is 15.2. The minimum atomic E-state index is 0.416. The molecule has 4 nitrogen and oxygen atoms in total. The Balaban J connectivity index is 2.01. The van der Waals surface area contributed by atoms with E-state index in [1.807, 2.05) is 13.1 Å². The van der Waals surface area contributed by atoms with Crippen molar-refractivity contribution in [1.29, 1.82) is 0 Å². The molecule has 0 saturated heterocycles. The largest absolute Gasteiger partial charge is 0.358 e.